The van der Waals surface area contributed by atoms with Gasteiger partial charge in [-0.1, -0.05) is 0 Å². The summed E-state index contributed by atoms with van der Waals surface area (Å²) in [5, 5.41) is 0. The van der Waals surface area contributed by atoms with E-state index in [0.717, 1.165) is 0 Å². The summed E-state index contributed by atoms with van der Waals surface area (Å²) in [6.45, 7) is 0. The van der Waals surface area contributed by atoms with E-state index < -0.39 is 0 Å². The fraction of sp³-hybridized carbons (Fsp3) is 0. The van der Waals surface area contributed by atoms with Gasteiger partial charge < -0.3 is 11.0 Å². The van der Waals surface area contributed by atoms with Crippen molar-refractivity contribution in [2.24, 2.45) is 0 Å². The summed E-state index contributed by atoms with van der Waals surface area (Å²) in [5.74, 6) is 0. The Kier molecular flexibility index (Phi) is 1160. The van der Waals surface area contributed by atoms with E-state index in [-0.39, 0.29) is 43.0 Å². The molecule has 0 spiro atoms. The predicted octanol–water partition coefficient (Wildman–Crippen LogP) is -0.621. The molecule has 0 aromatic heterocycles. The minimum atomic E-state index is 0. The second kappa shape index (κ2) is 44.8. The van der Waals surface area contributed by atoms with Crippen LogP contribution in [0, 0.1) is 0 Å². The van der Waals surface area contributed by atoms with Gasteiger partial charge in [-0.15, -0.1) is 0 Å². The van der Waals surface area contributed by atoms with E-state index in [1.54, 1.807) is 0 Å². The van der Waals surface area contributed by atoms with Crippen LogP contribution in [0.15, 0.2) is 0 Å². The average molecular weight is 244 g/mol. The first kappa shape index (κ1) is 104. The molecule has 4 heteroatoms. The summed E-state index contributed by atoms with van der Waals surface area (Å²) in [6, 6.07) is 0. The van der Waals surface area contributed by atoms with Crippen LogP contribution in [0.25, 0.3) is 0 Å². The largest absolute Gasteiger partial charge is 2.00 e. The van der Waals surface area contributed by atoms with Crippen molar-refractivity contribution in [1.82, 2.24) is 0 Å². The van der Waals surface area contributed by atoms with E-state index in [0.29, 0.717) is 0 Å². The number of hydrogen-bond acceptors (Lipinski definition) is 0. The molecular formula is O2SiW-4. The van der Waals surface area contributed by atoms with Crippen molar-refractivity contribution >= 4 is 11.0 Å². The van der Waals surface area contributed by atoms with Gasteiger partial charge in [0, 0.05) is 32.0 Å². The molecule has 0 bridgehead atoms. The Bertz CT molecular complexity index is 6.00. The first-order valence-electron chi connectivity index (χ1n) is 0. The molecule has 0 N–H and O–H groups in total. The van der Waals surface area contributed by atoms with Crippen LogP contribution in [0.3, 0.4) is 0 Å². The minimum absolute atomic E-state index is 0. The third-order valence-electron chi connectivity index (χ3n) is 0. The van der Waals surface area contributed by atoms with E-state index >= 15 is 0 Å². The molecule has 4 radical (unpaired) electrons. The van der Waals surface area contributed by atoms with Gasteiger partial charge in [0.25, 0.3) is 0 Å². The molecule has 0 unspecified atom stereocenters. The van der Waals surface area contributed by atoms with E-state index in [9.17, 15) is 0 Å². The van der Waals surface area contributed by atoms with Gasteiger partial charge in [-0.3, -0.25) is 0 Å². The zero-order valence-electron chi connectivity index (χ0n) is 1.72. The molecule has 2 nitrogen and oxygen atoms in total. The van der Waals surface area contributed by atoms with Gasteiger partial charge in [0.2, 0.25) is 0 Å². The van der Waals surface area contributed by atoms with Crippen molar-refractivity contribution in [3.8, 4) is 0 Å². The molecule has 0 amide bonds. The zero-order valence-corrected chi connectivity index (χ0v) is 5.66. The Morgan fingerprint density at radius 3 is 0.750 bits per heavy atom. The van der Waals surface area contributed by atoms with Crippen LogP contribution >= 0.6 is 0 Å². The van der Waals surface area contributed by atoms with Crippen molar-refractivity contribution in [2.45, 2.75) is 0 Å². The fourth-order valence-electron chi connectivity index (χ4n) is 0. The smallest absolute Gasteiger partial charge is 0 e. The first-order chi connectivity index (χ1) is 0. The van der Waals surface area contributed by atoms with Gasteiger partial charge in [0.1, 0.15) is 0 Å². The predicted molar refractivity (Wildman–Crippen MR) is 7.13 cm³/mol. The monoisotopic (exact) mass is 244 g/mol. The molecule has 0 aliphatic carbocycles. The molecule has 0 aromatic rings. The normalized spacial score (nSPS) is 0. The SMILES string of the molecule is [O-2].[O-2].[Si].[W]. The van der Waals surface area contributed by atoms with Crippen molar-refractivity contribution in [1.29, 1.82) is 0 Å². The van der Waals surface area contributed by atoms with Gasteiger partial charge in [0.15, 0.2) is 0 Å². The third-order valence-corrected chi connectivity index (χ3v) is 0. The summed E-state index contributed by atoms with van der Waals surface area (Å²) >= 11 is 0. The standard InChI is InChI=1S/2O.Si.W/q2*-2;;. The van der Waals surface area contributed by atoms with Crippen LogP contribution in [-0.4, -0.2) is 11.0 Å². The molecule has 4 heavy (non-hydrogen) atoms. The third kappa shape index (κ3) is 13.8. The van der Waals surface area contributed by atoms with Crippen molar-refractivity contribution < 1.29 is 32.0 Å². The molecule has 0 fully saturated rings. The summed E-state index contributed by atoms with van der Waals surface area (Å²) < 4.78 is 0. The summed E-state index contributed by atoms with van der Waals surface area (Å²) in [7, 11) is 0. The van der Waals surface area contributed by atoms with Gasteiger partial charge in [-0.05, 0) is 0 Å². The second-order valence-electron chi connectivity index (χ2n) is 0. The van der Waals surface area contributed by atoms with Crippen LogP contribution in [0.1, 0.15) is 0 Å². The average Bonchev–Trinajstić information content (AvgIpc) is 0. The fourth-order valence-corrected chi connectivity index (χ4v) is 0. The van der Waals surface area contributed by atoms with Crippen LogP contribution in [-0.2, 0) is 32.0 Å². The van der Waals surface area contributed by atoms with Crippen LogP contribution in [0.5, 0.6) is 0 Å². The van der Waals surface area contributed by atoms with E-state index in [1.807, 2.05) is 0 Å². The second-order valence-corrected chi connectivity index (χ2v) is 0. The molecule has 0 aliphatic heterocycles. The first-order valence-corrected chi connectivity index (χ1v) is 0. The summed E-state index contributed by atoms with van der Waals surface area (Å²) in [6.07, 6.45) is 0. The molecule has 0 saturated carbocycles. The molecule has 26 valence electrons. The topological polar surface area (TPSA) is 57.0 Å². The van der Waals surface area contributed by atoms with Crippen LogP contribution < -0.4 is 0 Å². The van der Waals surface area contributed by atoms with Gasteiger partial charge in [0.05, 0.1) is 0 Å². The van der Waals surface area contributed by atoms with Gasteiger partial charge >= 0.3 is 0 Å². The molecule has 0 aliphatic rings. The van der Waals surface area contributed by atoms with Crippen molar-refractivity contribution in [3.05, 3.63) is 0 Å². The van der Waals surface area contributed by atoms with Gasteiger partial charge in [-0.2, -0.15) is 0 Å². The van der Waals surface area contributed by atoms with E-state index in [1.165, 1.54) is 0 Å². The Balaban J connectivity index is 0. The number of rotatable bonds is 0. The maximum Gasteiger partial charge on any atom is 0 e. The summed E-state index contributed by atoms with van der Waals surface area (Å²) in [5.41, 5.74) is 0. The maximum absolute atomic E-state index is 0. The van der Waals surface area contributed by atoms with Crippen LogP contribution in [0.4, 0.5) is 0 Å². The Morgan fingerprint density at radius 2 is 0.750 bits per heavy atom. The van der Waals surface area contributed by atoms with Crippen molar-refractivity contribution in [3.63, 3.8) is 0 Å². The van der Waals surface area contributed by atoms with E-state index in [2.05, 4.69) is 0 Å². The molecule has 0 saturated heterocycles. The number of hydrogen-bond donors (Lipinski definition) is 0. The Morgan fingerprint density at radius 1 is 0.750 bits per heavy atom. The molecule has 0 atom stereocenters. The molecule has 0 rings (SSSR count). The van der Waals surface area contributed by atoms with E-state index in [4.69, 9.17) is 0 Å². The summed E-state index contributed by atoms with van der Waals surface area (Å²) in [4.78, 5) is 0. The zero-order chi connectivity index (χ0) is 0. The minimum Gasteiger partial charge on any atom is -2.00 e. The Hall–Kier alpha value is 0.825. The maximum atomic E-state index is 0. The quantitative estimate of drug-likeness (QED) is 0.510. The molecular weight excluding hydrogens is 244 g/mol. The van der Waals surface area contributed by atoms with Crippen LogP contribution in [0.2, 0.25) is 0 Å². The molecule has 0 aromatic carbocycles. The molecule has 0 heterocycles. The Labute approximate surface area is 43.5 Å². The van der Waals surface area contributed by atoms with Crippen molar-refractivity contribution in [2.75, 3.05) is 0 Å². The van der Waals surface area contributed by atoms with Gasteiger partial charge in [-0.25, -0.2) is 0 Å².